The van der Waals surface area contributed by atoms with Crippen LogP contribution in [0, 0.1) is 0 Å². The summed E-state index contributed by atoms with van der Waals surface area (Å²) in [5.74, 6) is 0.453. The number of nitrogens with one attached hydrogen (secondary N) is 1. The number of thioether (sulfide) groups is 1. The minimum Gasteiger partial charge on any atom is -0.355 e. The van der Waals surface area contributed by atoms with Crippen LogP contribution in [0.25, 0.3) is 0 Å². The van der Waals surface area contributed by atoms with Crippen LogP contribution in [0.4, 0.5) is 0 Å². The highest BCUT2D eigenvalue weighted by atomic mass is 35.5. The van der Waals surface area contributed by atoms with Crippen LogP contribution in [-0.4, -0.2) is 35.1 Å². The number of rotatable bonds is 9. The lowest BCUT2D eigenvalue weighted by Gasteiger charge is -2.28. The van der Waals surface area contributed by atoms with Crippen LogP contribution in [0.2, 0.25) is 20.1 Å². The van der Waals surface area contributed by atoms with Crippen molar-refractivity contribution in [3.8, 4) is 0 Å². The van der Waals surface area contributed by atoms with Gasteiger partial charge in [0.15, 0.2) is 0 Å². The molecule has 0 radical (unpaired) electrons. The zero-order chi connectivity index (χ0) is 22.3. The maximum absolute atomic E-state index is 13.0. The summed E-state index contributed by atoms with van der Waals surface area (Å²) in [5.41, 5.74) is 1.76. The van der Waals surface area contributed by atoms with Gasteiger partial charge in [0.25, 0.3) is 0 Å². The topological polar surface area (TPSA) is 49.4 Å². The molecule has 0 aliphatic carbocycles. The molecule has 4 nitrogen and oxygen atoms in total. The Morgan fingerprint density at radius 2 is 1.53 bits per heavy atom. The standard InChI is InChI=1S/C21H22Cl4N2O2S/c1-3-26-21(29)13(2)27(10-14-4-6-16(22)18(24)8-14)20(28)12-30-11-15-5-7-17(23)19(25)9-15/h4-9,13H,3,10-12H2,1-2H3,(H,26,29). The Labute approximate surface area is 201 Å². The summed E-state index contributed by atoms with van der Waals surface area (Å²) in [7, 11) is 0. The van der Waals surface area contributed by atoms with Crippen LogP contribution in [-0.2, 0) is 21.9 Å². The number of carbonyl (C=O) groups is 2. The van der Waals surface area contributed by atoms with Crippen LogP contribution in [0.15, 0.2) is 36.4 Å². The number of halogens is 4. The van der Waals surface area contributed by atoms with Gasteiger partial charge in [-0.2, -0.15) is 0 Å². The summed E-state index contributed by atoms with van der Waals surface area (Å²) in [6, 6.07) is 9.94. The van der Waals surface area contributed by atoms with Gasteiger partial charge in [0.1, 0.15) is 6.04 Å². The molecule has 30 heavy (non-hydrogen) atoms. The van der Waals surface area contributed by atoms with Crippen LogP contribution >= 0.6 is 58.2 Å². The number of carbonyl (C=O) groups excluding carboxylic acids is 2. The van der Waals surface area contributed by atoms with E-state index in [1.165, 1.54) is 11.8 Å². The molecule has 0 saturated carbocycles. The van der Waals surface area contributed by atoms with Crippen molar-refractivity contribution in [2.24, 2.45) is 0 Å². The van der Waals surface area contributed by atoms with Crippen LogP contribution in [0.1, 0.15) is 25.0 Å². The van der Waals surface area contributed by atoms with Gasteiger partial charge in [0, 0.05) is 18.8 Å². The molecule has 1 unspecified atom stereocenters. The zero-order valence-corrected chi connectivity index (χ0v) is 20.4. The molecule has 0 fully saturated rings. The number of likely N-dealkylation sites (N-methyl/N-ethyl adjacent to an activating group) is 1. The van der Waals surface area contributed by atoms with Crippen molar-refractivity contribution in [1.82, 2.24) is 10.2 Å². The van der Waals surface area contributed by atoms with Gasteiger partial charge >= 0.3 is 0 Å². The quantitative estimate of drug-likeness (QED) is 0.447. The molecule has 2 aromatic rings. The summed E-state index contributed by atoms with van der Waals surface area (Å²) in [5, 5.41) is 4.58. The molecule has 2 aromatic carbocycles. The molecule has 1 N–H and O–H groups in total. The fraction of sp³-hybridized carbons (Fsp3) is 0.333. The van der Waals surface area contributed by atoms with Gasteiger partial charge in [-0.25, -0.2) is 0 Å². The van der Waals surface area contributed by atoms with Crippen molar-refractivity contribution >= 4 is 70.0 Å². The van der Waals surface area contributed by atoms with Gasteiger partial charge in [-0.1, -0.05) is 58.5 Å². The molecule has 0 saturated heterocycles. The summed E-state index contributed by atoms with van der Waals surface area (Å²) in [4.78, 5) is 26.9. The molecule has 1 atom stereocenters. The number of nitrogens with zero attached hydrogens (tertiary/aromatic N) is 1. The van der Waals surface area contributed by atoms with E-state index in [-0.39, 0.29) is 24.1 Å². The Balaban J connectivity index is 2.09. The van der Waals surface area contributed by atoms with Crippen LogP contribution in [0.5, 0.6) is 0 Å². The third-order valence-corrected chi connectivity index (χ3v) is 6.80. The van der Waals surface area contributed by atoms with Gasteiger partial charge in [-0.3, -0.25) is 9.59 Å². The van der Waals surface area contributed by atoms with Crippen LogP contribution in [0.3, 0.4) is 0 Å². The lowest BCUT2D eigenvalue weighted by Crippen LogP contribution is -2.48. The van der Waals surface area contributed by atoms with E-state index in [0.717, 1.165) is 11.1 Å². The maximum atomic E-state index is 13.0. The SMILES string of the molecule is CCNC(=O)C(C)N(Cc1ccc(Cl)c(Cl)c1)C(=O)CSCc1ccc(Cl)c(Cl)c1. The highest BCUT2D eigenvalue weighted by Gasteiger charge is 2.25. The van der Waals surface area contributed by atoms with E-state index < -0.39 is 6.04 Å². The molecule has 162 valence electrons. The van der Waals surface area contributed by atoms with E-state index in [1.54, 1.807) is 42.2 Å². The summed E-state index contributed by atoms with van der Waals surface area (Å²) in [6.45, 7) is 4.29. The van der Waals surface area contributed by atoms with Crippen molar-refractivity contribution in [2.75, 3.05) is 12.3 Å². The Kier molecular flexibility index (Phi) is 10.1. The molecular formula is C21H22Cl4N2O2S. The molecule has 0 aliphatic heterocycles. The van der Waals surface area contributed by atoms with E-state index in [2.05, 4.69) is 5.32 Å². The second kappa shape index (κ2) is 12.1. The van der Waals surface area contributed by atoms with E-state index in [4.69, 9.17) is 46.4 Å². The second-order valence-corrected chi connectivity index (χ2v) is 9.20. The Morgan fingerprint density at radius 1 is 0.967 bits per heavy atom. The van der Waals surface area contributed by atoms with Crippen molar-refractivity contribution in [2.45, 2.75) is 32.2 Å². The minimum atomic E-state index is -0.627. The molecular weight excluding hydrogens is 486 g/mol. The van der Waals surface area contributed by atoms with Gasteiger partial charge < -0.3 is 10.2 Å². The summed E-state index contributed by atoms with van der Waals surface area (Å²) >= 11 is 25.5. The van der Waals surface area contributed by atoms with E-state index >= 15 is 0 Å². The fourth-order valence-electron chi connectivity index (χ4n) is 2.71. The fourth-order valence-corrected chi connectivity index (χ4v) is 4.21. The largest absolute Gasteiger partial charge is 0.355 e. The van der Waals surface area contributed by atoms with E-state index in [1.807, 2.05) is 13.0 Å². The highest BCUT2D eigenvalue weighted by molar-refractivity contribution is 7.99. The van der Waals surface area contributed by atoms with Gasteiger partial charge in [-0.15, -0.1) is 11.8 Å². The second-order valence-electron chi connectivity index (χ2n) is 6.58. The third kappa shape index (κ3) is 7.24. The lowest BCUT2D eigenvalue weighted by molar-refractivity contribution is -0.138. The molecule has 0 aromatic heterocycles. The van der Waals surface area contributed by atoms with Crippen LogP contribution < -0.4 is 5.32 Å². The summed E-state index contributed by atoms with van der Waals surface area (Å²) < 4.78 is 0. The van der Waals surface area contributed by atoms with Crippen molar-refractivity contribution in [1.29, 1.82) is 0 Å². The molecule has 0 spiro atoms. The monoisotopic (exact) mass is 506 g/mol. The molecule has 2 rings (SSSR count). The highest BCUT2D eigenvalue weighted by Crippen LogP contribution is 2.26. The predicted octanol–water partition coefficient (Wildman–Crippen LogP) is 6.09. The average molecular weight is 508 g/mol. The minimum absolute atomic E-state index is 0.148. The van der Waals surface area contributed by atoms with E-state index in [9.17, 15) is 9.59 Å². The van der Waals surface area contributed by atoms with Gasteiger partial charge in [0.05, 0.1) is 25.8 Å². The predicted molar refractivity (Wildman–Crippen MR) is 128 cm³/mol. The Hall–Kier alpha value is -1.11. The Morgan fingerprint density at radius 3 is 2.10 bits per heavy atom. The number of amides is 2. The average Bonchev–Trinajstić information content (AvgIpc) is 2.71. The number of benzene rings is 2. The van der Waals surface area contributed by atoms with Crippen molar-refractivity contribution in [3.63, 3.8) is 0 Å². The van der Waals surface area contributed by atoms with E-state index in [0.29, 0.717) is 32.4 Å². The Bertz CT molecular complexity index is 911. The number of hydrogen-bond acceptors (Lipinski definition) is 3. The normalized spacial score (nSPS) is 11.8. The van der Waals surface area contributed by atoms with Crippen molar-refractivity contribution in [3.05, 3.63) is 67.6 Å². The molecule has 9 heteroatoms. The first-order chi connectivity index (χ1) is 14.2. The molecule has 0 bridgehead atoms. The van der Waals surface area contributed by atoms with Gasteiger partial charge in [0.2, 0.25) is 11.8 Å². The zero-order valence-electron chi connectivity index (χ0n) is 16.6. The first kappa shape index (κ1) is 25.2. The maximum Gasteiger partial charge on any atom is 0.242 e. The molecule has 0 heterocycles. The molecule has 2 amide bonds. The third-order valence-electron chi connectivity index (χ3n) is 4.33. The summed E-state index contributed by atoms with van der Waals surface area (Å²) in [6.07, 6.45) is 0. The van der Waals surface area contributed by atoms with Gasteiger partial charge in [-0.05, 0) is 49.2 Å². The lowest BCUT2D eigenvalue weighted by atomic mass is 10.1. The first-order valence-electron chi connectivity index (χ1n) is 9.25. The molecule has 0 aliphatic rings. The first-order valence-corrected chi connectivity index (χ1v) is 11.9. The smallest absolute Gasteiger partial charge is 0.242 e. The number of hydrogen-bond donors (Lipinski definition) is 1. The van der Waals surface area contributed by atoms with Crippen molar-refractivity contribution < 1.29 is 9.59 Å².